The number of nitrogens with two attached hydrogens (primary N) is 1. The first-order valence-electron chi connectivity index (χ1n) is 5.91. The first-order chi connectivity index (χ1) is 9.74. The van der Waals surface area contributed by atoms with Crippen molar-refractivity contribution >= 4 is 28.9 Å². The molecule has 0 unspecified atom stereocenters. The van der Waals surface area contributed by atoms with Gasteiger partial charge in [0.05, 0.1) is 5.52 Å². The number of benzene rings is 1. The van der Waals surface area contributed by atoms with Gasteiger partial charge in [-0.05, 0) is 24.3 Å². The molecular weight excluding hydrogens is 274 g/mol. The Hall–Kier alpha value is -2.47. The number of amides is 1. The number of hydrogen-bond acceptors (Lipinski definition) is 4. The van der Waals surface area contributed by atoms with Crippen LogP contribution in [0.4, 0.5) is 4.79 Å². The number of pyridine rings is 1. The molecule has 20 heavy (non-hydrogen) atoms. The van der Waals surface area contributed by atoms with Crippen LogP contribution in [0, 0.1) is 0 Å². The second-order valence-corrected chi connectivity index (χ2v) is 5.10. The van der Waals surface area contributed by atoms with Crippen LogP contribution >= 0.6 is 11.8 Å². The molecule has 1 aromatic carbocycles. The molecule has 5 nitrogen and oxygen atoms in total. The average Bonchev–Trinajstić information content (AvgIpc) is 2.77. The molecule has 3 aromatic rings. The molecule has 0 radical (unpaired) electrons. The summed E-state index contributed by atoms with van der Waals surface area (Å²) < 4.78 is 5.03. The Morgan fingerprint density at radius 3 is 2.75 bits per heavy atom. The maximum atomic E-state index is 11.0. The van der Waals surface area contributed by atoms with Gasteiger partial charge in [-0.25, -0.2) is 4.79 Å². The predicted molar refractivity (Wildman–Crippen MR) is 76.9 cm³/mol. The molecule has 100 valence electrons. The number of nitrogens with one attached hydrogen (secondary N) is 1. The van der Waals surface area contributed by atoms with Crippen LogP contribution in [0.3, 0.4) is 0 Å². The Bertz CT molecular complexity index is 755. The summed E-state index contributed by atoms with van der Waals surface area (Å²) in [6.45, 7) is 0. The lowest BCUT2D eigenvalue weighted by molar-refractivity contribution is 0.208. The van der Waals surface area contributed by atoms with Crippen molar-refractivity contribution in [2.24, 2.45) is 5.73 Å². The summed E-state index contributed by atoms with van der Waals surface area (Å²) >= 11 is 1.47. The van der Waals surface area contributed by atoms with Crippen molar-refractivity contribution in [2.75, 3.05) is 0 Å². The zero-order chi connectivity index (χ0) is 13.9. The Morgan fingerprint density at radius 2 is 2.00 bits per heavy atom. The van der Waals surface area contributed by atoms with E-state index in [0.29, 0.717) is 5.88 Å². The zero-order valence-corrected chi connectivity index (χ0v) is 11.2. The van der Waals surface area contributed by atoms with Crippen LogP contribution in [0.25, 0.3) is 11.0 Å². The number of aromatic amines is 1. The van der Waals surface area contributed by atoms with Crippen LogP contribution < -0.4 is 10.5 Å². The minimum Gasteiger partial charge on any atom is -0.392 e. The highest BCUT2D eigenvalue weighted by Crippen LogP contribution is 2.39. The van der Waals surface area contributed by atoms with Crippen molar-refractivity contribution in [1.82, 2.24) is 9.97 Å². The SMILES string of the molecule is NC(=O)Oc1[nH]c2cccnc2c1Sc1ccccc1. The lowest BCUT2D eigenvalue weighted by atomic mass is 10.4. The van der Waals surface area contributed by atoms with Crippen molar-refractivity contribution in [3.63, 3.8) is 0 Å². The molecule has 0 atom stereocenters. The molecule has 0 spiro atoms. The fraction of sp³-hybridized carbons (Fsp3) is 0. The monoisotopic (exact) mass is 285 g/mol. The molecule has 0 saturated carbocycles. The van der Waals surface area contributed by atoms with E-state index in [1.54, 1.807) is 6.20 Å². The fourth-order valence-corrected chi connectivity index (χ4v) is 2.82. The molecule has 2 aromatic heterocycles. The molecule has 2 heterocycles. The average molecular weight is 285 g/mol. The zero-order valence-electron chi connectivity index (χ0n) is 10.4. The highest BCUT2D eigenvalue weighted by Gasteiger charge is 2.16. The van der Waals surface area contributed by atoms with Crippen LogP contribution in [0.15, 0.2) is 58.5 Å². The Kier molecular flexibility index (Phi) is 3.30. The van der Waals surface area contributed by atoms with Gasteiger partial charge in [0.2, 0.25) is 5.88 Å². The number of hydrogen-bond donors (Lipinski definition) is 2. The lowest BCUT2D eigenvalue weighted by Gasteiger charge is -2.03. The van der Waals surface area contributed by atoms with Gasteiger partial charge in [-0.3, -0.25) is 4.98 Å². The van der Waals surface area contributed by atoms with Gasteiger partial charge in [-0.1, -0.05) is 30.0 Å². The summed E-state index contributed by atoms with van der Waals surface area (Å²) in [5.74, 6) is 0.319. The normalized spacial score (nSPS) is 10.6. The quantitative estimate of drug-likeness (QED) is 0.774. The van der Waals surface area contributed by atoms with E-state index in [1.165, 1.54) is 11.8 Å². The predicted octanol–water partition coefficient (Wildman–Crippen LogP) is 3.17. The molecule has 3 N–H and O–H groups in total. The van der Waals surface area contributed by atoms with Crippen LogP contribution in [-0.4, -0.2) is 16.1 Å². The first-order valence-corrected chi connectivity index (χ1v) is 6.72. The molecule has 0 fully saturated rings. The number of primary amides is 1. The summed E-state index contributed by atoms with van der Waals surface area (Å²) in [4.78, 5) is 20.1. The van der Waals surface area contributed by atoms with E-state index in [0.717, 1.165) is 20.8 Å². The molecule has 0 aliphatic heterocycles. The number of ether oxygens (including phenoxy) is 1. The van der Waals surface area contributed by atoms with E-state index in [1.807, 2.05) is 42.5 Å². The van der Waals surface area contributed by atoms with Gasteiger partial charge >= 0.3 is 6.09 Å². The Morgan fingerprint density at radius 1 is 1.20 bits per heavy atom. The molecular formula is C14H11N3O2S. The van der Waals surface area contributed by atoms with Gasteiger partial charge in [-0.15, -0.1) is 0 Å². The second kappa shape index (κ2) is 5.26. The summed E-state index contributed by atoms with van der Waals surface area (Å²) in [6.07, 6.45) is 0.839. The van der Waals surface area contributed by atoms with Crippen molar-refractivity contribution in [3.8, 4) is 5.88 Å². The van der Waals surface area contributed by atoms with Gasteiger partial charge in [-0.2, -0.15) is 0 Å². The second-order valence-electron chi connectivity index (χ2n) is 4.02. The number of rotatable bonds is 3. The molecule has 0 aliphatic rings. The fourth-order valence-electron chi connectivity index (χ4n) is 1.85. The third-order valence-electron chi connectivity index (χ3n) is 2.64. The van der Waals surface area contributed by atoms with Crippen molar-refractivity contribution in [1.29, 1.82) is 0 Å². The number of nitrogens with zero attached hydrogens (tertiary/aromatic N) is 1. The van der Waals surface area contributed by atoms with Crippen LogP contribution in [0.2, 0.25) is 0 Å². The summed E-state index contributed by atoms with van der Waals surface area (Å²) in [7, 11) is 0. The molecule has 0 saturated heterocycles. The number of H-pyrrole nitrogens is 1. The highest BCUT2D eigenvalue weighted by molar-refractivity contribution is 7.99. The van der Waals surface area contributed by atoms with Gasteiger partial charge in [0.15, 0.2) is 0 Å². The smallest absolute Gasteiger partial charge is 0.392 e. The number of carbonyl (C=O) groups excluding carboxylic acids is 1. The third kappa shape index (κ3) is 2.46. The molecule has 0 bridgehead atoms. The van der Waals surface area contributed by atoms with E-state index in [4.69, 9.17) is 10.5 Å². The Labute approximate surface area is 119 Å². The first kappa shape index (κ1) is 12.6. The van der Waals surface area contributed by atoms with Crippen molar-refractivity contribution < 1.29 is 9.53 Å². The lowest BCUT2D eigenvalue weighted by Crippen LogP contribution is -2.16. The minimum atomic E-state index is -0.855. The maximum Gasteiger partial charge on any atom is 0.411 e. The minimum absolute atomic E-state index is 0.319. The van der Waals surface area contributed by atoms with Gasteiger partial charge in [0, 0.05) is 11.1 Å². The van der Waals surface area contributed by atoms with Gasteiger partial charge in [0.25, 0.3) is 0 Å². The molecule has 1 amide bonds. The number of fused-ring (bicyclic) bond motifs is 1. The van der Waals surface area contributed by atoms with Crippen molar-refractivity contribution in [3.05, 3.63) is 48.7 Å². The van der Waals surface area contributed by atoms with Crippen molar-refractivity contribution in [2.45, 2.75) is 9.79 Å². The molecule has 3 rings (SSSR count). The third-order valence-corrected chi connectivity index (χ3v) is 3.73. The topological polar surface area (TPSA) is 81.0 Å². The largest absolute Gasteiger partial charge is 0.411 e. The summed E-state index contributed by atoms with van der Waals surface area (Å²) in [5, 5.41) is 0. The van der Waals surface area contributed by atoms with Crippen LogP contribution in [0.5, 0.6) is 5.88 Å². The van der Waals surface area contributed by atoms with Gasteiger partial charge < -0.3 is 15.5 Å². The Balaban J connectivity index is 2.08. The molecule has 0 aliphatic carbocycles. The number of aromatic nitrogens is 2. The molecule has 6 heteroatoms. The van der Waals surface area contributed by atoms with Crippen LogP contribution in [0.1, 0.15) is 0 Å². The standard InChI is InChI=1S/C14H11N3O2S/c15-14(18)19-13-12(20-9-5-2-1-3-6-9)11-10(17-13)7-4-8-16-11/h1-8,17H,(H2,15,18). The van der Waals surface area contributed by atoms with E-state index in [2.05, 4.69) is 9.97 Å². The van der Waals surface area contributed by atoms with Gasteiger partial charge in [0.1, 0.15) is 10.4 Å². The van der Waals surface area contributed by atoms with E-state index < -0.39 is 6.09 Å². The van der Waals surface area contributed by atoms with E-state index in [-0.39, 0.29) is 0 Å². The summed E-state index contributed by atoms with van der Waals surface area (Å²) in [6, 6.07) is 13.5. The highest BCUT2D eigenvalue weighted by atomic mass is 32.2. The van der Waals surface area contributed by atoms with Crippen LogP contribution in [-0.2, 0) is 0 Å². The van der Waals surface area contributed by atoms with E-state index in [9.17, 15) is 4.79 Å². The maximum absolute atomic E-state index is 11.0. The summed E-state index contributed by atoms with van der Waals surface area (Å²) in [5.41, 5.74) is 6.64. The van der Waals surface area contributed by atoms with E-state index >= 15 is 0 Å². The number of carbonyl (C=O) groups is 1.